The lowest BCUT2D eigenvalue weighted by molar-refractivity contribution is 0.0590. The number of carbonyl (C=O) groups is 1. The highest BCUT2D eigenvalue weighted by atomic mass is 16.5. The van der Waals surface area contributed by atoms with Gasteiger partial charge in [0.25, 0.3) is 5.91 Å². The van der Waals surface area contributed by atoms with Crippen LogP contribution in [0.5, 0.6) is 5.75 Å². The van der Waals surface area contributed by atoms with Crippen LogP contribution in [0.2, 0.25) is 0 Å². The third-order valence-corrected chi connectivity index (χ3v) is 5.23. The summed E-state index contributed by atoms with van der Waals surface area (Å²) in [4.78, 5) is 22.5. The molecular formula is C20H24N4O2. The van der Waals surface area contributed by atoms with Crippen LogP contribution < -0.4 is 4.74 Å². The van der Waals surface area contributed by atoms with Crippen molar-refractivity contribution in [3.8, 4) is 5.75 Å². The average Bonchev–Trinajstić information content (AvgIpc) is 3.34. The lowest BCUT2D eigenvalue weighted by Gasteiger charge is -2.35. The summed E-state index contributed by atoms with van der Waals surface area (Å²) in [6.07, 6.45) is 9.87. The van der Waals surface area contributed by atoms with Crippen molar-refractivity contribution in [1.82, 2.24) is 19.4 Å². The van der Waals surface area contributed by atoms with E-state index in [2.05, 4.69) is 14.5 Å². The van der Waals surface area contributed by atoms with Gasteiger partial charge in [-0.15, -0.1) is 0 Å². The molecule has 0 saturated carbocycles. The van der Waals surface area contributed by atoms with Gasteiger partial charge in [0.2, 0.25) is 0 Å². The van der Waals surface area contributed by atoms with Gasteiger partial charge in [-0.2, -0.15) is 0 Å². The maximum atomic E-state index is 13.1. The van der Waals surface area contributed by atoms with Gasteiger partial charge < -0.3 is 19.2 Å². The molecule has 1 aliphatic rings. The molecule has 0 spiro atoms. The fourth-order valence-corrected chi connectivity index (χ4v) is 3.79. The Morgan fingerprint density at radius 3 is 3.08 bits per heavy atom. The zero-order chi connectivity index (χ0) is 17.9. The molecule has 1 amide bonds. The van der Waals surface area contributed by atoms with Gasteiger partial charge in [-0.25, -0.2) is 4.98 Å². The largest absolute Gasteiger partial charge is 0.497 e. The monoisotopic (exact) mass is 352 g/mol. The zero-order valence-corrected chi connectivity index (χ0v) is 15.0. The van der Waals surface area contributed by atoms with E-state index in [0.717, 1.165) is 49.0 Å². The quantitative estimate of drug-likeness (QED) is 0.765. The van der Waals surface area contributed by atoms with Gasteiger partial charge in [-0.05, 0) is 49.9 Å². The molecule has 0 bridgehead atoms. The van der Waals surface area contributed by atoms with E-state index in [-0.39, 0.29) is 11.9 Å². The summed E-state index contributed by atoms with van der Waals surface area (Å²) < 4.78 is 7.35. The van der Waals surface area contributed by atoms with Crippen molar-refractivity contribution in [2.45, 2.75) is 38.3 Å². The van der Waals surface area contributed by atoms with Crippen LogP contribution in [0.1, 0.15) is 36.2 Å². The van der Waals surface area contributed by atoms with Crippen molar-refractivity contribution in [2.24, 2.45) is 0 Å². The second kappa shape index (κ2) is 7.23. The highest BCUT2D eigenvalue weighted by Gasteiger charge is 2.28. The van der Waals surface area contributed by atoms with Crippen LogP contribution in [0, 0.1) is 0 Å². The summed E-state index contributed by atoms with van der Waals surface area (Å²) in [5, 5.41) is 1.000. The predicted octanol–water partition coefficient (Wildman–Crippen LogP) is 3.46. The third kappa shape index (κ3) is 3.31. The standard InChI is InChI=1S/C20H24N4O2/c1-26-17-5-6-18-15(12-17)13-19(22-18)20(25)24-9-3-2-4-16(24)7-10-23-11-8-21-14-23/h5-6,8,11-14,16,22H,2-4,7,9-10H2,1H3. The first-order chi connectivity index (χ1) is 12.7. The molecule has 0 aliphatic carbocycles. The Morgan fingerprint density at radius 2 is 2.27 bits per heavy atom. The Labute approximate surface area is 152 Å². The molecule has 3 heterocycles. The first kappa shape index (κ1) is 16.7. The highest BCUT2D eigenvalue weighted by molar-refractivity contribution is 5.98. The Bertz CT molecular complexity index is 884. The van der Waals surface area contributed by atoms with Crippen LogP contribution >= 0.6 is 0 Å². The van der Waals surface area contributed by atoms with E-state index in [9.17, 15) is 4.79 Å². The molecule has 1 atom stereocenters. The number of nitrogens with zero attached hydrogens (tertiary/aromatic N) is 3. The minimum absolute atomic E-state index is 0.0931. The zero-order valence-electron chi connectivity index (χ0n) is 15.0. The molecule has 136 valence electrons. The number of H-pyrrole nitrogens is 1. The first-order valence-electron chi connectivity index (χ1n) is 9.18. The van der Waals surface area contributed by atoms with E-state index in [4.69, 9.17) is 4.74 Å². The van der Waals surface area contributed by atoms with E-state index in [1.807, 2.05) is 41.7 Å². The Hall–Kier alpha value is -2.76. The Morgan fingerprint density at radius 1 is 1.35 bits per heavy atom. The smallest absolute Gasteiger partial charge is 0.270 e. The van der Waals surface area contributed by atoms with Gasteiger partial charge in [0, 0.05) is 42.4 Å². The summed E-state index contributed by atoms with van der Waals surface area (Å²) >= 11 is 0. The van der Waals surface area contributed by atoms with Gasteiger partial charge >= 0.3 is 0 Å². The maximum Gasteiger partial charge on any atom is 0.270 e. The normalized spacial score (nSPS) is 17.6. The minimum atomic E-state index is 0.0931. The van der Waals surface area contributed by atoms with Crippen LogP contribution in [0.4, 0.5) is 0 Å². The molecule has 6 nitrogen and oxygen atoms in total. The number of aromatic nitrogens is 3. The first-order valence-corrected chi connectivity index (χ1v) is 9.18. The van der Waals surface area contributed by atoms with Crippen molar-refractivity contribution >= 4 is 16.8 Å². The molecule has 0 radical (unpaired) electrons. The second-order valence-corrected chi connectivity index (χ2v) is 6.87. The van der Waals surface area contributed by atoms with Crippen LogP contribution in [-0.4, -0.2) is 45.0 Å². The van der Waals surface area contributed by atoms with Crippen LogP contribution in [0.3, 0.4) is 0 Å². The molecule has 1 unspecified atom stereocenters. The minimum Gasteiger partial charge on any atom is -0.497 e. The number of methoxy groups -OCH3 is 1. The van der Waals surface area contributed by atoms with E-state index >= 15 is 0 Å². The lowest BCUT2D eigenvalue weighted by atomic mass is 9.98. The number of imidazole rings is 1. The van der Waals surface area contributed by atoms with Crippen molar-refractivity contribution in [3.63, 3.8) is 0 Å². The highest BCUT2D eigenvalue weighted by Crippen LogP contribution is 2.25. The SMILES string of the molecule is COc1ccc2[nH]c(C(=O)N3CCCCC3CCn3ccnc3)cc2c1. The molecule has 3 aromatic rings. The second-order valence-electron chi connectivity index (χ2n) is 6.87. The topological polar surface area (TPSA) is 63.2 Å². The summed E-state index contributed by atoms with van der Waals surface area (Å²) in [7, 11) is 1.65. The maximum absolute atomic E-state index is 13.1. The number of hydrogen-bond acceptors (Lipinski definition) is 3. The molecule has 1 fully saturated rings. The molecule has 4 rings (SSSR count). The summed E-state index contributed by atoms with van der Waals surface area (Å²) in [5.41, 5.74) is 1.61. The molecule has 1 aromatic carbocycles. The predicted molar refractivity (Wildman–Crippen MR) is 100 cm³/mol. The number of aryl methyl sites for hydroxylation is 1. The van der Waals surface area contributed by atoms with Crippen molar-refractivity contribution < 1.29 is 9.53 Å². The average molecular weight is 352 g/mol. The summed E-state index contributed by atoms with van der Waals surface area (Å²) in [6.45, 7) is 1.71. The van der Waals surface area contributed by atoms with Crippen LogP contribution in [0.15, 0.2) is 43.0 Å². The van der Waals surface area contributed by atoms with E-state index in [1.165, 1.54) is 6.42 Å². The van der Waals surface area contributed by atoms with Gasteiger partial charge in [-0.1, -0.05) is 0 Å². The number of hydrogen-bond donors (Lipinski definition) is 1. The molecule has 6 heteroatoms. The molecule has 2 aromatic heterocycles. The number of rotatable bonds is 5. The number of aromatic amines is 1. The molecule has 1 N–H and O–H groups in total. The Kier molecular flexibility index (Phi) is 4.65. The van der Waals surface area contributed by atoms with Crippen molar-refractivity contribution in [3.05, 3.63) is 48.7 Å². The lowest BCUT2D eigenvalue weighted by Crippen LogP contribution is -2.44. The van der Waals surface area contributed by atoms with E-state index in [0.29, 0.717) is 5.69 Å². The number of nitrogens with one attached hydrogen (secondary N) is 1. The fraction of sp³-hybridized carbons (Fsp3) is 0.400. The number of benzene rings is 1. The number of ether oxygens (including phenoxy) is 1. The fourth-order valence-electron chi connectivity index (χ4n) is 3.79. The Balaban J connectivity index is 1.52. The summed E-state index contributed by atoms with van der Waals surface area (Å²) in [5.74, 6) is 0.891. The number of likely N-dealkylation sites (tertiary alicyclic amines) is 1. The molecule has 1 aliphatic heterocycles. The molecule has 26 heavy (non-hydrogen) atoms. The summed E-state index contributed by atoms with van der Waals surface area (Å²) in [6, 6.07) is 8.02. The van der Waals surface area contributed by atoms with Gasteiger partial charge in [-0.3, -0.25) is 4.79 Å². The van der Waals surface area contributed by atoms with Gasteiger partial charge in [0.05, 0.1) is 13.4 Å². The van der Waals surface area contributed by atoms with Gasteiger partial charge in [0.1, 0.15) is 11.4 Å². The third-order valence-electron chi connectivity index (χ3n) is 5.23. The van der Waals surface area contributed by atoms with Crippen molar-refractivity contribution in [1.29, 1.82) is 0 Å². The number of amides is 1. The molecular weight excluding hydrogens is 328 g/mol. The van der Waals surface area contributed by atoms with Gasteiger partial charge in [0.15, 0.2) is 0 Å². The number of carbonyl (C=O) groups excluding carboxylic acids is 1. The van der Waals surface area contributed by atoms with Crippen LogP contribution in [-0.2, 0) is 6.54 Å². The van der Waals surface area contributed by atoms with E-state index in [1.54, 1.807) is 13.3 Å². The number of fused-ring (bicyclic) bond motifs is 1. The molecule has 1 saturated heterocycles. The van der Waals surface area contributed by atoms with Crippen LogP contribution in [0.25, 0.3) is 10.9 Å². The number of piperidine rings is 1. The van der Waals surface area contributed by atoms with E-state index < -0.39 is 0 Å². The van der Waals surface area contributed by atoms with Crippen molar-refractivity contribution in [2.75, 3.05) is 13.7 Å².